The first-order valence-electron chi connectivity index (χ1n) is 9.07. The standard InChI is InChI=1S/C18H18ClFN6O2S/c19-16-5-4-15(29-16)17(27)22-9-11-10-26(24-23-11)14-3-2-12(8-13(14)20)25-7-1-6-21-18(25)28/h2-4,8,10,16H,1,5-7,9H2,(H,21,28)(H,22,27). The maximum Gasteiger partial charge on any atom is 0.321 e. The van der Waals surface area contributed by atoms with E-state index in [1.165, 1.54) is 27.4 Å². The Labute approximate surface area is 175 Å². The monoisotopic (exact) mass is 436 g/mol. The highest BCUT2D eigenvalue weighted by Crippen LogP contribution is 2.34. The lowest BCUT2D eigenvalue weighted by Gasteiger charge is -2.27. The third-order valence-electron chi connectivity index (χ3n) is 4.51. The first-order chi connectivity index (χ1) is 14.0. The molecule has 1 atom stereocenters. The first kappa shape index (κ1) is 19.7. The number of urea groups is 1. The lowest BCUT2D eigenvalue weighted by atomic mass is 10.2. The van der Waals surface area contributed by atoms with Crippen molar-refractivity contribution in [2.24, 2.45) is 0 Å². The molecule has 2 aliphatic heterocycles. The van der Waals surface area contributed by atoms with Gasteiger partial charge in [0.15, 0.2) is 5.82 Å². The molecular weight excluding hydrogens is 419 g/mol. The van der Waals surface area contributed by atoms with E-state index in [-0.39, 0.29) is 28.9 Å². The molecule has 4 rings (SSSR count). The van der Waals surface area contributed by atoms with Gasteiger partial charge in [0.25, 0.3) is 5.91 Å². The predicted molar refractivity (Wildman–Crippen MR) is 108 cm³/mol. The van der Waals surface area contributed by atoms with Crippen molar-refractivity contribution in [2.45, 2.75) is 24.1 Å². The van der Waals surface area contributed by atoms with Crippen molar-refractivity contribution in [1.82, 2.24) is 25.6 Å². The van der Waals surface area contributed by atoms with Crippen LogP contribution < -0.4 is 15.5 Å². The van der Waals surface area contributed by atoms with Gasteiger partial charge >= 0.3 is 6.03 Å². The number of carbonyl (C=O) groups excluding carboxylic acids is 2. The van der Waals surface area contributed by atoms with Crippen LogP contribution >= 0.6 is 23.4 Å². The summed E-state index contributed by atoms with van der Waals surface area (Å²) >= 11 is 7.28. The molecule has 1 aromatic heterocycles. The third-order valence-corrected chi connectivity index (χ3v) is 6.01. The van der Waals surface area contributed by atoms with Crippen LogP contribution in [0.5, 0.6) is 0 Å². The Kier molecular flexibility index (Phi) is 5.72. The van der Waals surface area contributed by atoms with E-state index in [1.54, 1.807) is 24.4 Å². The van der Waals surface area contributed by atoms with Gasteiger partial charge in [-0.3, -0.25) is 9.69 Å². The highest BCUT2D eigenvalue weighted by Gasteiger charge is 2.22. The minimum Gasteiger partial charge on any atom is -0.346 e. The normalized spacial score (nSPS) is 19.1. The van der Waals surface area contributed by atoms with Crippen molar-refractivity contribution in [3.63, 3.8) is 0 Å². The van der Waals surface area contributed by atoms with Crippen molar-refractivity contribution in [3.8, 4) is 5.69 Å². The van der Waals surface area contributed by atoms with Gasteiger partial charge in [0.2, 0.25) is 0 Å². The number of thioether (sulfide) groups is 1. The molecule has 11 heteroatoms. The smallest absolute Gasteiger partial charge is 0.321 e. The summed E-state index contributed by atoms with van der Waals surface area (Å²) in [6.45, 7) is 1.32. The van der Waals surface area contributed by atoms with Gasteiger partial charge in [0.05, 0.1) is 22.4 Å². The Bertz CT molecular complexity index is 981. The zero-order chi connectivity index (χ0) is 20.4. The van der Waals surface area contributed by atoms with E-state index in [4.69, 9.17) is 11.6 Å². The molecule has 1 saturated heterocycles. The second-order valence-corrected chi connectivity index (χ2v) is 8.57. The summed E-state index contributed by atoms with van der Waals surface area (Å²) in [5, 5.41) is 13.4. The van der Waals surface area contributed by atoms with Crippen LogP contribution in [0.25, 0.3) is 5.69 Å². The van der Waals surface area contributed by atoms with Crippen LogP contribution in [0.2, 0.25) is 0 Å². The van der Waals surface area contributed by atoms with E-state index in [2.05, 4.69) is 20.9 Å². The van der Waals surface area contributed by atoms with E-state index in [1.807, 2.05) is 0 Å². The van der Waals surface area contributed by atoms with Gasteiger partial charge < -0.3 is 10.6 Å². The molecule has 2 N–H and O–H groups in total. The minimum atomic E-state index is -0.526. The number of hydrogen-bond acceptors (Lipinski definition) is 5. The molecule has 8 nitrogen and oxygen atoms in total. The van der Waals surface area contributed by atoms with Crippen molar-refractivity contribution in [2.75, 3.05) is 18.0 Å². The molecule has 1 aromatic carbocycles. The molecule has 2 aromatic rings. The number of hydrogen-bond donors (Lipinski definition) is 2. The molecule has 1 fully saturated rings. The van der Waals surface area contributed by atoms with Crippen molar-refractivity contribution < 1.29 is 14.0 Å². The lowest BCUT2D eigenvalue weighted by molar-refractivity contribution is -0.117. The number of nitrogens with zero attached hydrogens (tertiary/aromatic N) is 4. The molecule has 2 aliphatic rings. The molecule has 3 heterocycles. The highest BCUT2D eigenvalue weighted by molar-refractivity contribution is 8.05. The number of rotatable bonds is 5. The van der Waals surface area contributed by atoms with Crippen LogP contribution in [0, 0.1) is 5.82 Å². The number of nitrogens with one attached hydrogen (secondary N) is 2. The number of alkyl halides is 1. The Hall–Kier alpha value is -2.59. The van der Waals surface area contributed by atoms with E-state index in [0.717, 1.165) is 6.42 Å². The fraction of sp³-hybridized carbons (Fsp3) is 0.333. The van der Waals surface area contributed by atoms with Crippen LogP contribution in [-0.4, -0.2) is 44.7 Å². The fourth-order valence-corrected chi connectivity index (χ4v) is 4.28. The number of aromatic nitrogens is 3. The lowest BCUT2D eigenvalue weighted by Crippen LogP contribution is -2.46. The number of anilines is 1. The Morgan fingerprint density at radius 1 is 1.45 bits per heavy atom. The zero-order valence-corrected chi connectivity index (χ0v) is 16.8. The Balaban J connectivity index is 1.42. The van der Waals surface area contributed by atoms with Crippen LogP contribution in [0.4, 0.5) is 14.9 Å². The van der Waals surface area contributed by atoms with Gasteiger partial charge in [-0.25, -0.2) is 13.9 Å². The van der Waals surface area contributed by atoms with Crippen LogP contribution in [0.1, 0.15) is 18.5 Å². The molecule has 0 bridgehead atoms. The van der Waals surface area contributed by atoms with E-state index in [9.17, 15) is 14.0 Å². The molecule has 29 heavy (non-hydrogen) atoms. The maximum atomic E-state index is 14.6. The molecule has 3 amide bonds. The molecule has 1 unspecified atom stereocenters. The topological polar surface area (TPSA) is 92.2 Å². The van der Waals surface area contributed by atoms with Gasteiger partial charge in [0, 0.05) is 18.8 Å². The maximum absolute atomic E-state index is 14.6. The summed E-state index contributed by atoms with van der Waals surface area (Å²) < 4.78 is 15.8. The molecular formula is C18H18ClFN6O2S. The van der Waals surface area contributed by atoms with Crippen molar-refractivity contribution >= 4 is 41.0 Å². The number of benzene rings is 1. The van der Waals surface area contributed by atoms with Crippen molar-refractivity contribution in [3.05, 3.63) is 46.9 Å². The van der Waals surface area contributed by atoms with Crippen LogP contribution in [-0.2, 0) is 11.3 Å². The average Bonchev–Trinajstić information content (AvgIpc) is 3.35. The molecule has 152 valence electrons. The van der Waals surface area contributed by atoms with Gasteiger partial charge in [-0.1, -0.05) is 11.3 Å². The summed E-state index contributed by atoms with van der Waals surface area (Å²) in [4.78, 5) is 26.1. The van der Waals surface area contributed by atoms with Gasteiger partial charge in [-0.2, -0.15) is 0 Å². The molecule has 0 saturated carbocycles. The van der Waals surface area contributed by atoms with Gasteiger partial charge in [-0.15, -0.1) is 28.5 Å². The summed E-state index contributed by atoms with van der Waals surface area (Å²) in [7, 11) is 0. The first-order valence-corrected chi connectivity index (χ1v) is 10.4. The largest absolute Gasteiger partial charge is 0.346 e. The van der Waals surface area contributed by atoms with Crippen molar-refractivity contribution in [1.29, 1.82) is 0 Å². The van der Waals surface area contributed by atoms with E-state index in [0.29, 0.717) is 35.8 Å². The number of halogens is 2. The summed E-state index contributed by atoms with van der Waals surface area (Å²) in [6, 6.07) is 4.27. The van der Waals surface area contributed by atoms with Gasteiger partial charge in [-0.05, 0) is 31.0 Å². The zero-order valence-electron chi connectivity index (χ0n) is 15.3. The highest BCUT2D eigenvalue weighted by atomic mass is 35.5. The Morgan fingerprint density at radius 2 is 2.31 bits per heavy atom. The third kappa shape index (κ3) is 4.38. The quantitative estimate of drug-likeness (QED) is 0.703. The molecule has 0 aliphatic carbocycles. The average molecular weight is 437 g/mol. The Morgan fingerprint density at radius 3 is 3.03 bits per heavy atom. The van der Waals surface area contributed by atoms with Gasteiger partial charge in [0.1, 0.15) is 11.4 Å². The minimum absolute atomic E-state index is 0.112. The number of allylic oxidation sites excluding steroid dienone is 1. The van der Waals surface area contributed by atoms with E-state index >= 15 is 0 Å². The SMILES string of the molecule is O=C(NCc1cn(-c2ccc(N3CCCNC3=O)cc2F)nn1)C1=CCC(Cl)S1. The molecule has 0 radical (unpaired) electrons. The second kappa shape index (κ2) is 8.42. The summed E-state index contributed by atoms with van der Waals surface area (Å²) in [5.41, 5.74) is 1.18. The van der Waals surface area contributed by atoms with Crippen LogP contribution in [0.3, 0.4) is 0 Å². The second-order valence-electron chi connectivity index (χ2n) is 6.54. The van der Waals surface area contributed by atoms with E-state index < -0.39 is 5.82 Å². The number of carbonyl (C=O) groups is 2. The van der Waals surface area contributed by atoms with Crippen LogP contribution in [0.15, 0.2) is 35.4 Å². The molecule has 0 spiro atoms. The predicted octanol–water partition coefficient (Wildman–Crippen LogP) is 2.53. The number of amides is 3. The summed E-state index contributed by atoms with van der Waals surface area (Å²) in [6.07, 6.45) is 4.80. The fourth-order valence-electron chi connectivity index (χ4n) is 3.06. The summed E-state index contributed by atoms with van der Waals surface area (Å²) in [5.74, 6) is -0.745.